The second-order valence-electron chi connectivity index (χ2n) is 5.30. The predicted molar refractivity (Wildman–Crippen MR) is 70.9 cm³/mol. The summed E-state index contributed by atoms with van der Waals surface area (Å²) in [5, 5.41) is 10.7. The van der Waals surface area contributed by atoms with E-state index in [4.69, 9.17) is 9.47 Å². The molecule has 5 nitrogen and oxygen atoms in total. The lowest BCUT2D eigenvalue weighted by Gasteiger charge is -2.41. The van der Waals surface area contributed by atoms with Crippen molar-refractivity contribution in [2.24, 2.45) is 5.92 Å². The van der Waals surface area contributed by atoms with Crippen molar-refractivity contribution < 1.29 is 14.6 Å². The highest BCUT2D eigenvalue weighted by Crippen LogP contribution is 2.43. The van der Waals surface area contributed by atoms with Gasteiger partial charge in [0.1, 0.15) is 11.8 Å². The number of ether oxygens (including phenoxy) is 2. The maximum absolute atomic E-state index is 10.7. The maximum atomic E-state index is 10.7. The second-order valence-corrected chi connectivity index (χ2v) is 5.30. The minimum atomic E-state index is -0.811. The van der Waals surface area contributed by atoms with Gasteiger partial charge in [-0.1, -0.05) is 6.92 Å². The summed E-state index contributed by atoms with van der Waals surface area (Å²) < 4.78 is 10.8. The Hall–Kier alpha value is -1.20. The number of aliphatic hydroxyl groups excluding tert-OH is 1. The van der Waals surface area contributed by atoms with Crippen molar-refractivity contribution in [3.8, 4) is 5.88 Å². The molecular weight excluding hydrogens is 244 g/mol. The van der Waals surface area contributed by atoms with Crippen molar-refractivity contribution in [2.45, 2.75) is 44.3 Å². The standard InChI is InChI=1S/C14H22N2O3/c1-10-4-6-14(19-3,7-5-10)12(17)11-13(18-2)16-9-8-15-11/h8-10,12,17H,4-7H2,1-3H3. The Morgan fingerprint density at radius 2 is 1.89 bits per heavy atom. The molecule has 0 radical (unpaired) electrons. The Labute approximate surface area is 114 Å². The summed E-state index contributed by atoms with van der Waals surface area (Å²) >= 11 is 0. The summed E-state index contributed by atoms with van der Waals surface area (Å²) in [6.07, 6.45) is 6.06. The molecule has 0 spiro atoms. The number of methoxy groups -OCH3 is 2. The van der Waals surface area contributed by atoms with Crippen LogP contribution in [0.25, 0.3) is 0 Å². The van der Waals surface area contributed by atoms with Crippen molar-refractivity contribution >= 4 is 0 Å². The number of hydrogen-bond donors (Lipinski definition) is 1. The topological polar surface area (TPSA) is 64.5 Å². The van der Waals surface area contributed by atoms with E-state index in [0.29, 0.717) is 17.5 Å². The highest BCUT2D eigenvalue weighted by molar-refractivity contribution is 5.23. The number of rotatable bonds is 4. The van der Waals surface area contributed by atoms with Gasteiger partial charge in [0.05, 0.1) is 12.7 Å². The van der Waals surface area contributed by atoms with E-state index in [-0.39, 0.29) is 0 Å². The molecule has 2 rings (SSSR count). The van der Waals surface area contributed by atoms with Gasteiger partial charge >= 0.3 is 0 Å². The van der Waals surface area contributed by atoms with E-state index < -0.39 is 11.7 Å². The molecule has 1 N–H and O–H groups in total. The Balaban J connectivity index is 2.27. The lowest BCUT2D eigenvalue weighted by atomic mass is 9.75. The van der Waals surface area contributed by atoms with Gasteiger partial charge < -0.3 is 14.6 Å². The van der Waals surface area contributed by atoms with E-state index in [9.17, 15) is 5.11 Å². The van der Waals surface area contributed by atoms with Gasteiger partial charge in [-0.25, -0.2) is 4.98 Å². The molecule has 0 amide bonds. The van der Waals surface area contributed by atoms with E-state index in [2.05, 4.69) is 16.9 Å². The molecule has 1 aliphatic carbocycles. The fourth-order valence-electron chi connectivity index (χ4n) is 2.77. The fraction of sp³-hybridized carbons (Fsp3) is 0.714. The molecule has 1 aromatic rings. The average Bonchev–Trinajstić information content (AvgIpc) is 2.47. The van der Waals surface area contributed by atoms with E-state index in [0.717, 1.165) is 25.7 Å². The smallest absolute Gasteiger partial charge is 0.238 e. The van der Waals surface area contributed by atoms with Crippen molar-refractivity contribution in [2.75, 3.05) is 14.2 Å². The lowest BCUT2D eigenvalue weighted by molar-refractivity contribution is -0.132. The zero-order chi connectivity index (χ0) is 13.9. The van der Waals surface area contributed by atoms with Gasteiger partial charge in [-0.15, -0.1) is 0 Å². The van der Waals surface area contributed by atoms with E-state index >= 15 is 0 Å². The number of nitrogens with zero attached hydrogens (tertiary/aromatic N) is 2. The molecule has 1 saturated carbocycles. The van der Waals surface area contributed by atoms with Gasteiger partial charge in [-0.3, -0.25) is 4.98 Å². The summed E-state index contributed by atoms with van der Waals surface area (Å²) in [4.78, 5) is 8.31. The van der Waals surface area contributed by atoms with Gasteiger partial charge in [-0.2, -0.15) is 0 Å². The minimum absolute atomic E-state index is 0.366. The first-order valence-corrected chi connectivity index (χ1v) is 6.71. The normalized spacial score (nSPS) is 28.9. The quantitative estimate of drug-likeness (QED) is 0.904. The van der Waals surface area contributed by atoms with E-state index in [1.54, 1.807) is 19.5 Å². The molecular formula is C14H22N2O3. The third kappa shape index (κ3) is 2.72. The van der Waals surface area contributed by atoms with Crippen molar-refractivity contribution in [1.29, 1.82) is 0 Å². The molecule has 0 aliphatic heterocycles. The molecule has 0 saturated heterocycles. The molecule has 1 fully saturated rings. The summed E-state index contributed by atoms with van der Waals surface area (Å²) in [6.45, 7) is 2.23. The first-order chi connectivity index (χ1) is 9.13. The maximum Gasteiger partial charge on any atom is 0.238 e. The molecule has 1 atom stereocenters. The Morgan fingerprint density at radius 3 is 2.47 bits per heavy atom. The van der Waals surface area contributed by atoms with Gasteiger partial charge in [0.15, 0.2) is 0 Å². The van der Waals surface area contributed by atoms with Crippen LogP contribution in [-0.4, -0.2) is 34.9 Å². The zero-order valence-corrected chi connectivity index (χ0v) is 11.8. The Kier molecular flexibility index (Phi) is 4.37. The lowest BCUT2D eigenvalue weighted by Crippen LogP contribution is -2.42. The van der Waals surface area contributed by atoms with Crippen LogP contribution in [0.5, 0.6) is 5.88 Å². The minimum Gasteiger partial charge on any atom is -0.480 e. The molecule has 1 aliphatic rings. The predicted octanol–water partition coefficient (Wildman–Crippen LogP) is 2.11. The molecule has 106 valence electrons. The Morgan fingerprint density at radius 1 is 1.26 bits per heavy atom. The van der Waals surface area contributed by atoms with Crippen LogP contribution in [0.4, 0.5) is 0 Å². The van der Waals surface area contributed by atoms with Crippen molar-refractivity contribution in [3.05, 3.63) is 18.1 Å². The van der Waals surface area contributed by atoms with Crippen LogP contribution >= 0.6 is 0 Å². The highest BCUT2D eigenvalue weighted by Gasteiger charge is 2.43. The number of aromatic nitrogens is 2. The van der Waals surface area contributed by atoms with E-state index in [1.807, 2.05) is 0 Å². The van der Waals surface area contributed by atoms with Crippen LogP contribution in [0, 0.1) is 5.92 Å². The molecule has 1 unspecified atom stereocenters. The SMILES string of the molecule is COc1nccnc1C(O)C1(OC)CCC(C)CC1. The molecule has 19 heavy (non-hydrogen) atoms. The Bertz CT molecular complexity index is 417. The van der Waals surface area contributed by atoms with Crippen LogP contribution in [0.2, 0.25) is 0 Å². The molecule has 0 bridgehead atoms. The monoisotopic (exact) mass is 266 g/mol. The first kappa shape index (κ1) is 14.2. The summed E-state index contributed by atoms with van der Waals surface area (Å²) in [7, 11) is 3.19. The highest BCUT2D eigenvalue weighted by atomic mass is 16.5. The van der Waals surface area contributed by atoms with Crippen molar-refractivity contribution in [3.63, 3.8) is 0 Å². The van der Waals surface area contributed by atoms with Crippen molar-refractivity contribution in [1.82, 2.24) is 9.97 Å². The van der Waals surface area contributed by atoms with Gasteiger partial charge in [0.2, 0.25) is 5.88 Å². The van der Waals surface area contributed by atoms with Crippen LogP contribution in [0.1, 0.15) is 44.4 Å². The zero-order valence-electron chi connectivity index (χ0n) is 11.8. The van der Waals surface area contributed by atoms with Crippen LogP contribution in [-0.2, 0) is 4.74 Å². The summed E-state index contributed by atoms with van der Waals surface area (Å²) in [6, 6.07) is 0. The third-order valence-corrected chi connectivity index (χ3v) is 4.17. The number of aliphatic hydroxyl groups is 1. The van der Waals surface area contributed by atoms with Crippen LogP contribution < -0.4 is 4.74 Å². The summed E-state index contributed by atoms with van der Waals surface area (Å²) in [5.74, 6) is 1.05. The molecule has 5 heteroatoms. The van der Waals surface area contributed by atoms with Gasteiger partial charge in [0.25, 0.3) is 0 Å². The number of hydrogen-bond acceptors (Lipinski definition) is 5. The summed E-state index contributed by atoms with van der Waals surface area (Å²) in [5.41, 5.74) is -0.114. The van der Waals surface area contributed by atoms with Gasteiger partial charge in [0, 0.05) is 19.5 Å². The molecule has 0 aromatic carbocycles. The molecule has 1 aromatic heterocycles. The first-order valence-electron chi connectivity index (χ1n) is 6.71. The van der Waals surface area contributed by atoms with E-state index in [1.165, 1.54) is 7.11 Å². The fourth-order valence-corrected chi connectivity index (χ4v) is 2.77. The van der Waals surface area contributed by atoms with Crippen LogP contribution in [0.3, 0.4) is 0 Å². The van der Waals surface area contributed by atoms with Crippen LogP contribution in [0.15, 0.2) is 12.4 Å². The largest absolute Gasteiger partial charge is 0.480 e. The molecule has 1 heterocycles. The van der Waals surface area contributed by atoms with Gasteiger partial charge in [-0.05, 0) is 31.6 Å². The second kappa shape index (κ2) is 5.84. The average molecular weight is 266 g/mol. The third-order valence-electron chi connectivity index (χ3n) is 4.17.